The molecule has 350 valence electrons. The van der Waals surface area contributed by atoms with E-state index in [1.165, 1.54) is 24.3 Å². The van der Waals surface area contributed by atoms with Crippen LogP contribution in [0.4, 0.5) is 49.1 Å². The molecule has 0 saturated heterocycles. The number of rotatable bonds is 15. The van der Waals surface area contributed by atoms with Gasteiger partial charge < -0.3 is 18.5 Å². The summed E-state index contributed by atoms with van der Waals surface area (Å²) in [5.74, 6) is 0. The Morgan fingerprint density at radius 1 is 0.606 bits per heavy atom. The molecular weight excluding hydrogens is 957 g/mol. The number of anilines is 3. The molecule has 23 heteroatoms. The zero-order valence-corrected chi connectivity index (χ0v) is 38.0. The fourth-order valence-corrected chi connectivity index (χ4v) is 11.5. The van der Waals surface area contributed by atoms with Gasteiger partial charge in [0.25, 0.3) is 0 Å². The van der Waals surface area contributed by atoms with Gasteiger partial charge in [-0.05, 0) is 103 Å². The minimum atomic E-state index is -6.36. The number of hydrogen-bond acceptors (Lipinski definition) is 10. The van der Waals surface area contributed by atoms with Crippen LogP contribution in [0.5, 0.6) is 0 Å². The number of nitrogens with one attached hydrogen (secondary N) is 1. The van der Waals surface area contributed by atoms with Crippen LogP contribution in [-0.2, 0) is 40.1 Å². The van der Waals surface area contributed by atoms with E-state index in [1.54, 1.807) is 47.6 Å². The molecule has 0 saturated carbocycles. The van der Waals surface area contributed by atoms with Gasteiger partial charge in [-0.15, -0.1) is 0 Å². The molecule has 0 unspecified atom stereocenters. The molecule has 0 fully saturated rings. The van der Waals surface area contributed by atoms with Crippen molar-refractivity contribution in [2.45, 2.75) is 41.6 Å². The third-order valence-electron chi connectivity index (χ3n) is 9.96. The normalized spacial score (nSPS) is 13.8. The first-order valence-corrected chi connectivity index (χ1v) is 25.3. The number of halogens is 6. The second-order valence-electron chi connectivity index (χ2n) is 14.1. The predicted octanol–water partition coefficient (Wildman–Crippen LogP) is 9.99. The fraction of sp³-hybridized carbons (Fsp3) is 0.186. The van der Waals surface area contributed by atoms with Gasteiger partial charge in [-0.25, -0.2) is 33.7 Å². The van der Waals surface area contributed by atoms with E-state index in [1.807, 2.05) is 67.6 Å². The van der Waals surface area contributed by atoms with E-state index in [-0.39, 0.29) is 24.5 Å². The van der Waals surface area contributed by atoms with Gasteiger partial charge in [0.2, 0.25) is 11.4 Å². The Kier molecular flexibility index (Phi) is 14.1. The molecule has 1 aliphatic carbocycles. The van der Waals surface area contributed by atoms with Gasteiger partial charge in [0.1, 0.15) is 26.6 Å². The average molecular weight is 995 g/mol. The highest BCUT2D eigenvalue weighted by Gasteiger charge is 2.41. The van der Waals surface area contributed by atoms with Crippen molar-refractivity contribution in [2.75, 3.05) is 29.9 Å². The average Bonchev–Trinajstić information content (AvgIpc) is 3.25. The van der Waals surface area contributed by atoms with Crippen LogP contribution < -0.4 is 10.2 Å². The maximum Gasteiger partial charge on any atom is 0.480 e. The third kappa shape index (κ3) is 10.4. The molecule has 0 atom stereocenters. The Balaban J connectivity index is 1.43. The van der Waals surface area contributed by atoms with Crippen molar-refractivity contribution in [3.8, 4) is 0 Å². The first-order valence-electron chi connectivity index (χ1n) is 19.5. The summed E-state index contributed by atoms with van der Waals surface area (Å²) in [5.41, 5.74) is -6.50. The molecule has 0 radical (unpaired) electrons. The van der Waals surface area contributed by atoms with Gasteiger partial charge in [0.05, 0.1) is 9.79 Å². The zero-order chi connectivity index (χ0) is 48.5. The van der Waals surface area contributed by atoms with E-state index in [0.717, 1.165) is 51.9 Å². The summed E-state index contributed by atoms with van der Waals surface area (Å²) in [7, 11) is -23.3. The summed E-state index contributed by atoms with van der Waals surface area (Å²) in [6, 6.07) is 28.1. The molecular formula is C43H38F6N5O8S4-. The fourth-order valence-electron chi connectivity index (χ4n) is 7.04. The molecule has 66 heavy (non-hydrogen) atoms. The van der Waals surface area contributed by atoms with Crippen molar-refractivity contribution in [3.63, 3.8) is 0 Å². The third-order valence-corrected chi connectivity index (χ3v) is 16.0. The maximum absolute atomic E-state index is 13.0. The molecule has 6 rings (SSSR count). The van der Waals surface area contributed by atoms with Crippen LogP contribution in [0, 0.1) is 0 Å². The van der Waals surface area contributed by atoms with Gasteiger partial charge in [-0.1, -0.05) is 54.6 Å². The Morgan fingerprint density at radius 2 is 1.15 bits per heavy atom. The van der Waals surface area contributed by atoms with E-state index >= 15 is 0 Å². The second-order valence-corrected chi connectivity index (χ2v) is 21.0. The molecule has 0 heterocycles. The molecule has 13 nitrogen and oxygen atoms in total. The summed E-state index contributed by atoms with van der Waals surface area (Å²) < 4.78 is 182. The van der Waals surface area contributed by atoms with Crippen molar-refractivity contribution >= 4 is 84.9 Å². The van der Waals surface area contributed by atoms with E-state index < -0.39 is 60.9 Å². The molecule has 0 amide bonds. The highest BCUT2D eigenvalue weighted by atomic mass is 32.3. The van der Waals surface area contributed by atoms with Crippen LogP contribution in [0.25, 0.3) is 24.6 Å². The van der Waals surface area contributed by atoms with Gasteiger partial charge >= 0.3 is 11.0 Å². The summed E-state index contributed by atoms with van der Waals surface area (Å²) in [4.78, 5) is 0.0984. The minimum Gasteiger partial charge on any atom is -0.424 e. The van der Waals surface area contributed by atoms with Crippen LogP contribution in [0.15, 0.2) is 149 Å². The molecule has 0 aliphatic heterocycles. The number of nitrogens with zero attached hydrogens (tertiary/aromatic N) is 4. The van der Waals surface area contributed by atoms with E-state index in [0.29, 0.717) is 29.1 Å². The molecule has 5 aromatic carbocycles. The SMILES string of the molecule is CCNc1ccc(C(=C2C=CC(=[N+](CC)c3cccc(S(=O)(=O)[N-]S(=O)(=O)C(F)(F)F)c3)C=C2)c2ccc(N(CC)c3cccc(S(=O)(=O)[N-]S(=O)(=O)C(F)(F)F)c3)cc2)c2ccccc12. The van der Waals surface area contributed by atoms with Gasteiger partial charge in [0, 0.05) is 59.8 Å². The summed E-state index contributed by atoms with van der Waals surface area (Å²) in [6.45, 7) is 6.57. The Labute approximate surface area is 377 Å². The number of sulfonamides is 4. The predicted molar refractivity (Wildman–Crippen MR) is 241 cm³/mol. The van der Waals surface area contributed by atoms with Crippen molar-refractivity contribution < 1.29 is 64.6 Å². The Morgan fingerprint density at radius 3 is 1.68 bits per heavy atom. The first-order chi connectivity index (χ1) is 30.8. The van der Waals surface area contributed by atoms with Gasteiger partial charge in [0.15, 0.2) is 20.0 Å². The van der Waals surface area contributed by atoms with Gasteiger partial charge in [-0.3, -0.25) is 0 Å². The van der Waals surface area contributed by atoms with E-state index in [9.17, 15) is 60.0 Å². The van der Waals surface area contributed by atoms with Crippen LogP contribution in [0.2, 0.25) is 0 Å². The lowest BCUT2D eigenvalue weighted by Gasteiger charge is -2.26. The van der Waals surface area contributed by atoms with Crippen LogP contribution in [0.1, 0.15) is 31.9 Å². The number of alkyl halides is 6. The highest BCUT2D eigenvalue weighted by Crippen LogP contribution is 2.40. The lowest BCUT2D eigenvalue weighted by molar-refractivity contribution is -0.434. The van der Waals surface area contributed by atoms with Crippen LogP contribution >= 0.6 is 0 Å². The summed E-state index contributed by atoms with van der Waals surface area (Å²) >= 11 is 0. The summed E-state index contributed by atoms with van der Waals surface area (Å²) in [6.07, 6.45) is 7.12. The van der Waals surface area contributed by atoms with Crippen LogP contribution in [0.3, 0.4) is 0 Å². The topological polar surface area (TPSA) is 183 Å². The molecule has 5 aromatic rings. The Hall–Kier alpha value is -5.85. The number of hydrogen-bond donors (Lipinski definition) is 1. The smallest absolute Gasteiger partial charge is 0.424 e. The standard InChI is InChI=1S/C43H37F6N5O8S4/c1-4-50-40-26-25-39(37-15-7-8-16-38(37)40)41(29-17-21-31(22-18-29)53(5-2)33-11-9-13-35(27-33)63(55,56)51-65(59,60)42(44,45)46)30-19-23-32(24-20-30)54(6-3)34-12-10-14-36(28-34)64(57,58)52-66(61,62)43(47,48)49/h7-28H,4-6H2,1-3H3/q-2/p+1. The Bertz CT molecular complexity index is 3260. The van der Waals surface area contributed by atoms with Crippen molar-refractivity contribution in [3.05, 3.63) is 158 Å². The zero-order valence-electron chi connectivity index (χ0n) is 34.8. The largest absolute Gasteiger partial charge is 0.480 e. The minimum absolute atomic E-state index is 0.208. The maximum atomic E-state index is 13.0. The molecule has 1 N–H and O–H groups in total. The van der Waals surface area contributed by atoms with Crippen molar-refractivity contribution in [1.29, 1.82) is 0 Å². The van der Waals surface area contributed by atoms with Crippen molar-refractivity contribution in [1.82, 2.24) is 0 Å². The highest BCUT2D eigenvalue weighted by molar-refractivity contribution is 8.13. The first kappa shape index (κ1) is 49.6. The molecule has 0 spiro atoms. The lowest BCUT2D eigenvalue weighted by atomic mass is 9.87. The number of allylic oxidation sites excluding steroid dienone is 5. The molecule has 0 bridgehead atoms. The van der Waals surface area contributed by atoms with E-state index in [2.05, 4.69) is 13.6 Å². The van der Waals surface area contributed by atoms with Crippen molar-refractivity contribution in [2.24, 2.45) is 0 Å². The molecule has 0 aromatic heterocycles. The lowest BCUT2D eigenvalue weighted by Crippen LogP contribution is -2.24. The van der Waals surface area contributed by atoms with Gasteiger partial charge in [-0.2, -0.15) is 30.9 Å². The van der Waals surface area contributed by atoms with E-state index in [4.69, 9.17) is 0 Å². The summed E-state index contributed by atoms with van der Waals surface area (Å²) in [5, 5.41) is 5.18. The quantitative estimate of drug-likeness (QED) is 0.0783. The number of benzene rings is 5. The molecule has 1 aliphatic rings. The van der Waals surface area contributed by atoms with Crippen LogP contribution in [-0.4, -0.2) is 74.6 Å². The second kappa shape index (κ2) is 18.8. The monoisotopic (exact) mass is 994 g/mol. The number of fused-ring (bicyclic) bond motifs is 1.